The van der Waals surface area contributed by atoms with E-state index in [1.165, 1.54) is 49.9 Å². The van der Waals surface area contributed by atoms with Crippen molar-refractivity contribution in [2.45, 2.75) is 51.1 Å². The lowest BCUT2D eigenvalue weighted by molar-refractivity contribution is 0.167. The molecule has 2 aliphatic heterocycles. The standard InChI is InChI=1S/C17H26N2/c1-14-5-2-3-6-15(14)8-10-18-16-9-12-19-11-4-7-17(19)13-16/h2-3,5-6,16-18H,4,7-13H2,1H3. The van der Waals surface area contributed by atoms with Crippen molar-refractivity contribution >= 4 is 0 Å². The van der Waals surface area contributed by atoms with Crippen LogP contribution in [0.1, 0.15) is 36.8 Å². The molecule has 0 bridgehead atoms. The van der Waals surface area contributed by atoms with Crippen molar-refractivity contribution in [3.63, 3.8) is 0 Å². The first-order valence-electron chi connectivity index (χ1n) is 7.85. The molecule has 1 N–H and O–H groups in total. The number of nitrogens with zero attached hydrogens (tertiary/aromatic N) is 1. The summed E-state index contributed by atoms with van der Waals surface area (Å²) in [7, 11) is 0. The van der Waals surface area contributed by atoms with Crippen LogP contribution in [-0.2, 0) is 6.42 Å². The van der Waals surface area contributed by atoms with Crippen molar-refractivity contribution in [2.75, 3.05) is 19.6 Å². The summed E-state index contributed by atoms with van der Waals surface area (Å²) in [6, 6.07) is 10.4. The van der Waals surface area contributed by atoms with Gasteiger partial charge in [0.25, 0.3) is 0 Å². The van der Waals surface area contributed by atoms with E-state index < -0.39 is 0 Å². The molecule has 2 saturated heterocycles. The zero-order valence-corrected chi connectivity index (χ0v) is 12.1. The minimum Gasteiger partial charge on any atom is -0.314 e. The van der Waals surface area contributed by atoms with Crippen LogP contribution in [0, 0.1) is 6.92 Å². The van der Waals surface area contributed by atoms with Crippen LogP contribution in [0.4, 0.5) is 0 Å². The van der Waals surface area contributed by atoms with Crippen molar-refractivity contribution in [2.24, 2.45) is 0 Å². The van der Waals surface area contributed by atoms with Crippen LogP contribution in [0.25, 0.3) is 0 Å². The molecule has 19 heavy (non-hydrogen) atoms. The Kier molecular flexibility index (Phi) is 4.19. The van der Waals surface area contributed by atoms with E-state index >= 15 is 0 Å². The minimum absolute atomic E-state index is 0.753. The van der Waals surface area contributed by atoms with E-state index in [9.17, 15) is 0 Å². The molecule has 0 aromatic heterocycles. The molecule has 2 heteroatoms. The molecule has 2 heterocycles. The molecular formula is C17H26N2. The summed E-state index contributed by atoms with van der Waals surface area (Å²) >= 11 is 0. The quantitative estimate of drug-likeness (QED) is 0.893. The number of hydrogen-bond donors (Lipinski definition) is 1. The molecule has 2 atom stereocenters. The Balaban J connectivity index is 1.44. The normalized spacial score (nSPS) is 27.4. The van der Waals surface area contributed by atoms with Gasteiger partial charge in [-0.1, -0.05) is 24.3 Å². The highest BCUT2D eigenvalue weighted by molar-refractivity contribution is 5.25. The molecule has 2 fully saturated rings. The SMILES string of the molecule is Cc1ccccc1CCNC1CCN2CCCC2C1. The fourth-order valence-corrected chi connectivity index (χ4v) is 3.71. The maximum atomic E-state index is 3.78. The van der Waals surface area contributed by atoms with E-state index in [-0.39, 0.29) is 0 Å². The first kappa shape index (κ1) is 13.1. The third-order valence-electron chi connectivity index (χ3n) is 4.91. The summed E-state index contributed by atoms with van der Waals surface area (Å²) in [6.45, 7) is 6.00. The van der Waals surface area contributed by atoms with Crippen LogP contribution in [0.3, 0.4) is 0 Å². The van der Waals surface area contributed by atoms with E-state index in [0.717, 1.165) is 25.0 Å². The van der Waals surface area contributed by atoms with Crippen molar-refractivity contribution in [3.8, 4) is 0 Å². The average Bonchev–Trinajstić information content (AvgIpc) is 2.88. The molecule has 0 saturated carbocycles. The summed E-state index contributed by atoms with van der Waals surface area (Å²) < 4.78 is 0. The van der Waals surface area contributed by atoms with Gasteiger partial charge in [-0.25, -0.2) is 0 Å². The Morgan fingerprint density at radius 2 is 2.11 bits per heavy atom. The van der Waals surface area contributed by atoms with Gasteiger partial charge in [-0.15, -0.1) is 0 Å². The Morgan fingerprint density at radius 3 is 3.00 bits per heavy atom. The second-order valence-electron chi connectivity index (χ2n) is 6.18. The third kappa shape index (κ3) is 3.18. The van der Waals surface area contributed by atoms with Crippen LogP contribution in [0.5, 0.6) is 0 Å². The van der Waals surface area contributed by atoms with Gasteiger partial charge in [-0.3, -0.25) is 0 Å². The predicted molar refractivity (Wildman–Crippen MR) is 80.5 cm³/mol. The predicted octanol–water partition coefficient (Wildman–Crippen LogP) is 2.75. The molecule has 3 rings (SSSR count). The van der Waals surface area contributed by atoms with Gasteiger partial charge in [0.1, 0.15) is 0 Å². The van der Waals surface area contributed by atoms with Crippen LogP contribution < -0.4 is 5.32 Å². The first-order valence-corrected chi connectivity index (χ1v) is 7.85. The topological polar surface area (TPSA) is 15.3 Å². The van der Waals surface area contributed by atoms with E-state index in [1.807, 2.05) is 0 Å². The second-order valence-corrected chi connectivity index (χ2v) is 6.18. The van der Waals surface area contributed by atoms with Crippen LogP contribution in [-0.4, -0.2) is 36.6 Å². The highest BCUT2D eigenvalue weighted by Crippen LogP contribution is 2.26. The van der Waals surface area contributed by atoms with Gasteiger partial charge in [-0.05, 0) is 69.8 Å². The Bertz CT molecular complexity index is 415. The molecule has 1 aromatic rings. The van der Waals surface area contributed by atoms with E-state index in [0.29, 0.717) is 0 Å². The van der Waals surface area contributed by atoms with E-state index in [1.54, 1.807) is 0 Å². The number of aryl methyl sites for hydroxylation is 1. The van der Waals surface area contributed by atoms with Crippen molar-refractivity contribution in [1.29, 1.82) is 0 Å². The Hall–Kier alpha value is -0.860. The fourth-order valence-electron chi connectivity index (χ4n) is 3.71. The molecule has 2 nitrogen and oxygen atoms in total. The number of nitrogens with one attached hydrogen (secondary N) is 1. The smallest absolute Gasteiger partial charge is 0.0111 e. The van der Waals surface area contributed by atoms with Crippen LogP contribution in [0.15, 0.2) is 24.3 Å². The van der Waals surface area contributed by atoms with Crippen molar-refractivity contribution in [1.82, 2.24) is 10.2 Å². The number of piperidine rings is 1. The van der Waals surface area contributed by atoms with Gasteiger partial charge >= 0.3 is 0 Å². The molecule has 0 amide bonds. The summed E-state index contributed by atoms with van der Waals surface area (Å²) in [5, 5.41) is 3.78. The third-order valence-corrected chi connectivity index (χ3v) is 4.91. The largest absolute Gasteiger partial charge is 0.314 e. The number of fused-ring (bicyclic) bond motifs is 1. The summed E-state index contributed by atoms with van der Waals surface area (Å²) in [4.78, 5) is 2.69. The first-order chi connectivity index (χ1) is 9.33. The lowest BCUT2D eigenvalue weighted by Gasteiger charge is -2.35. The highest BCUT2D eigenvalue weighted by atomic mass is 15.2. The minimum atomic E-state index is 0.753. The maximum absolute atomic E-state index is 3.78. The lowest BCUT2D eigenvalue weighted by Crippen LogP contribution is -2.46. The lowest BCUT2D eigenvalue weighted by atomic mass is 9.97. The molecule has 2 aliphatic rings. The van der Waals surface area contributed by atoms with Gasteiger partial charge in [0.2, 0.25) is 0 Å². The van der Waals surface area contributed by atoms with Gasteiger partial charge < -0.3 is 10.2 Å². The molecule has 2 unspecified atom stereocenters. The second kappa shape index (κ2) is 6.06. The van der Waals surface area contributed by atoms with Crippen molar-refractivity contribution < 1.29 is 0 Å². The van der Waals surface area contributed by atoms with Crippen molar-refractivity contribution in [3.05, 3.63) is 35.4 Å². The molecule has 104 valence electrons. The summed E-state index contributed by atoms with van der Waals surface area (Å²) in [6.07, 6.45) is 6.71. The van der Waals surface area contributed by atoms with Crippen LogP contribution >= 0.6 is 0 Å². The average molecular weight is 258 g/mol. The molecule has 0 aliphatic carbocycles. The monoisotopic (exact) mass is 258 g/mol. The van der Waals surface area contributed by atoms with E-state index in [4.69, 9.17) is 0 Å². The maximum Gasteiger partial charge on any atom is 0.0111 e. The Labute approximate surface area is 117 Å². The van der Waals surface area contributed by atoms with Gasteiger partial charge in [-0.2, -0.15) is 0 Å². The fraction of sp³-hybridized carbons (Fsp3) is 0.647. The molecule has 0 radical (unpaired) electrons. The van der Waals surface area contributed by atoms with Gasteiger partial charge in [0.15, 0.2) is 0 Å². The number of hydrogen-bond acceptors (Lipinski definition) is 2. The zero-order valence-electron chi connectivity index (χ0n) is 12.1. The highest BCUT2D eigenvalue weighted by Gasteiger charge is 2.31. The number of benzene rings is 1. The molecule has 1 aromatic carbocycles. The van der Waals surface area contributed by atoms with Crippen LogP contribution in [0.2, 0.25) is 0 Å². The number of rotatable bonds is 4. The summed E-state index contributed by atoms with van der Waals surface area (Å²) in [5.74, 6) is 0. The Morgan fingerprint density at radius 1 is 1.21 bits per heavy atom. The summed E-state index contributed by atoms with van der Waals surface area (Å²) in [5.41, 5.74) is 2.92. The van der Waals surface area contributed by atoms with Gasteiger partial charge in [0, 0.05) is 12.1 Å². The van der Waals surface area contributed by atoms with Gasteiger partial charge in [0.05, 0.1) is 0 Å². The zero-order chi connectivity index (χ0) is 13.1. The molecule has 0 spiro atoms. The van der Waals surface area contributed by atoms with E-state index in [2.05, 4.69) is 41.4 Å². The molecular weight excluding hydrogens is 232 g/mol.